The van der Waals surface area contributed by atoms with Crippen molar-refractivity contribution in [3.8, 4) is 0 Å². The fourth-order valence-electron chi connectivity index (χ4n) is 8.02. The Morgan fingerprint density at radius 3 is 2.47 bits per heavy atom. The summed E-state index contributed by atoms with van der Waals surface area (Å²) in [7, 11) is 1.73. The van der Waals surface area contributed by atoms with Gasteiger partial charge in [0.1, 0.15) is 5.82 Å². The molecule has 4 nitrogen and oxygen atoms in total. The summed E-state index contributed by atoms with van der Waals surface area (Å²) in [5, 5.41) is 3.00. The molecular formula is C26H32F2N2O2. The number of fused-ring (bicyclic) bond motifs is 5. The monoisotopic (exact) mass is 442 g/mol. The van der Waals surface area contributed by atoms with Crippen LogP contribution in [0.25, 0.3) is 0 Å². The molecule has 1 aliphatic heterocycles. The van der Waals surface area contributed by atoms with Gasteiger partial charge in [-0.15, -0.1) is 0 Å². The zero-order valence-electron chi connectivity index (χ0n) is 19.0. The van der Waals surface area contributed by atoms with Crippen LogP contribution in [0.15, 0.2) is 36.2 Å². The lowest BCUT2D eigenvalue weighted by Gasteiger charge is -2.60. The first kappa shape index (κ1) is 21.6. The molecule has 5 rings (SSSR count). The SMILES string of the molecule is CN1C(=O)C(F)=C[C@]2(C)[C@H]3CC[C@]4(C)[C@@H](C(=O)Nc5ccc(F)cc5)CC[C@H]4[C@@H]3CC[C@@H]12. The topological polar surface area (TPSA) is 49.4 Å². The highest BCUT2D eigenvalue weighted by atomic mass is 19.1. The number of carbonyl (C=O) groups excluding carboxylic acids is 2. The molecule has 0 saturated heterocycles. The maximum atomic E-state index is 14.5. The van der Waals surface area contributed by atoms with E-state index in [2.05, 4.69) is 19.2 Å². The van der Waals surface area contributed by atoms with Crippen LogP contribution in [0.1, 0.15) is 52.4 Å². The van der Waals surface area contributed by atoms with E-state index in [0.29, 0.717) is 23.4 Å². The number of nitrogens with zero attached hydrogens (tertiary/aromatic N) is 1. The van der Waals surface area contributed by atoms with Gasteiger partial charge < -0.3 is 10.2 Å². The number of rotatable bonds is 2. The lowest BCUT2D eigenvalue weighted by Crippen LogP contribution is -2.60. The Hall–Kier alpha value is -2.24. The van der Waals surface area contributed by atoms with Crippen LogP contribution in [0, 0.1) is 40.3 Å². The Labute approximate surface area is 188 Å². The van der Waals surface area contributed by atoms with Crippen molar-refractivity contribution in [1.29, 1.82) is 0 Å². The Kier molecular flexibility index (Phi) is 4.99. The van der Waals surface area contributed by atoms with Crippen LogP contribution in [0.2, 0.25) is 0 Å². The van der Waals surface area contributed by atoms with E-state index in [1.54, 1.807) is 30.2 Å². The second kappa shape index (κ2) is 7.39. The van der Waals surface area contributed by atoms with E-state index >= 15 is 0 Å². The molecule has 1 N–H and O–H groups in total. The highest BCUT2D eigenvalue weighted by Gasteiger charge is 2.62. The summed E-state index contributed by atoms with van der Waals surface area (Å²) < 4.78 is 27.8. The van der Waals surface area contributed by atoms with Crippen LogP contribution < -0.4 is 5.32 Å². The molecule has 0 aromatic heterocycles. The largest absolute Gasteiger partial charge is 0.336 e. The Morgan fingerprint density at radius 1 is 1.03 bits per heavy atom. The van der Waals surface area contributed by atoms with E-state index in [9.17, 15) is 18.4 Å². The summed E-state index contributed by atoms with van der Waals surface area (Å²) in [6, 6.07) is 5.96. The van der Waals surface area contributed by atoms with Crippen LogP contribution in [-0.4, -0.2) is 29.8 Å². The minimum absolute atomic E-state index is 0.0221. The molecule has 3 saturated carbocycles. The first-order valence-corrected chi connectivity index (χ1v) is 11.9. The van der Waals surface area contributed by atoms with E-state index in [4.69, 9.17) is 0 Å². The van der Waals surface area contributed by atoms with Crippen LogP contribution in [0.4, 0.5) is 14.5 Å². The normalized spacial score (nSPS) is 40.8. The van der Waals surface area contributed by atoms with Gasteiger partial charge in [0.25, 0.3) is 5.91 Å². The Bertz CT molecular complexity index is 977. The third-order valence-corrected chi connectivity index (χ3v) is 9.59. The van der Waals surface area contributed by atoms with Crippen LogP contribution in [-0.2, 0) is 9.59 Å². The summed E-state index contributed by atoms with van der Waals surface area (Å²) >= 11 is 0. The highest BCUT2D eigenvalue weighted by molar-refractivity contribution is 5.93. The number of halogens is 2. The van der Waals surface area contributed by atoms with Gasteiger partial charge in [-0.3, -0.25) is 9.59 Å². The molecule has 32 heavy (non-hydrogen) atoms. The van der Waals surface area contributed by atoms with E-state index in [0.717, 1.165) is 38.5 Å². The van der Waals surface area contributed by atoms with Crippen LogP contribution in [0.3, 0.4) is 0 Å². The lowest BCUT2D eigenvalue weighted by molar-refractivity contribution is -0.144. The maximum absolute atomic E-state index is 14.5. The fraction of sp³-hybridized carbons (Fsp3) is 0.615. The van der Waals surface area contributed by atoms with Crippen molar-refractivity contribution >= 4 is 17.5 Å². The molecule has 3 fully saturated rings. The quantitative estimate of drug-likeness (QED) is 0.674. The molecule has 1 aromatic rings. The first-order chi connectivity index (χ1) is 15.1. The summed E-state index contributed by atoms with van der Waals surface area (Å²) in [5.41, 5.74) is 0.180. The van der Waals surface area contributed by atoms with Crippen molar-refractivity contribution < 1.29 is 18.4 Å². The van der Waals surface area contributed by atoms with Gasteiger partial charge in [0.15, 0.2) is 5.83 Å². The van der Waals surface area contributed by atoms with Gasteiger partial charge in [-0.05, 0) is 92.0 Å². The predicted octanol–water partition coefficient (Wildman–Crippen LogP) is 5.32. The average Bonchev–Trinajstić information content (AvgIpc) is 3.11. The molecule has 3 aliphatic carbocycles. The Morgan fingerprint density at radius 2 is 1.75 bits per heavy atom. The van der Waals surface area contributed by atoms with Gasteiger partial charge in [-0.2, -0.15) is 0 Å². The zero-order valence-corrected chi connectivity index (χ0v) is 19.0. The molecule has 0 spiro atoms. The number of benzene rings is 1. The molecule has 6 heteroatoms. The molecule has 0 bridgehead atoms. The third-order valence-electron chi connectivity index (χ3n) is 9.59. The predicted molar refractivity (Wildman–Crippen MR) is 119 cm³/mol. The van der Waals surface area contributed by atoms with Gasteiger partial charge in [-0.1, -0.05) is 13.8 Å². The van der Waals surface area contributed by atoms with Gasteiger partial charge >= 0.3 is 0 Å². The van der Waals surface area contributed by atoms with Crippen LogP contribution in [0.5, 0.6) is 0 Å². The van der Waals surface area contributed by atoms with Crippen molar-refractivity contribution in [2.75, 3.05) is 12.4 Å². The zero-order chi connectivity index (χ0) is 22.8. The van der Waals surface area contributed by atoms with Crippen LogP contribution >= 0.6 is 0 Å². The maximum Gasteiger partial charge on any atom is 0.282 e. The van der Waals surface area contributed by atoms with Crippen molar-refractivity contribution in [3.63, 3.8) is 0 Å². The van der Waals surface area contributed by atoms with Gasteiger partial charge in [0.2, 0.25) is 5.91 Å². The smallest absolute Gasteiger partial charge is 0.282 e. The lowest BCUT2D eigenvalue weighted by atomic mass is 9.47. The Balaban J connectivity index is 1.38. The number of hydrogen-bond donors (Lipinski definition) is 1. The van der Waals surface area contributed by atoms with E-state index in [1.165, 1.54) is 12.1 Å². The number of nitrogens with one attached hydrogen (secondary N) is 1. The molecule has 172 valence electrons. The highest BCUT2D eigenvalue weighted by Crippen LogP contribution is 2.65. The number of carbonyl (C=O) groups is 2. The molecule has 7 atom stereocenters. The molecule has 0 unspecified atom stereocenters. The summed E-state index contributed by atoms with van der Waals surface area (Å²) in [6.45, 7) is 4.39. The van der Waals surface area contributed by atoms with Crippen molar-refractivity contribution in [3.05, 3.63) is 42.0 Å². The molecule has 1 aromatic carbocycles. The van der Waals surface area contributed by atoms with Gasteiger partial charge in [0.05, 0.1) is 0 Å². The van der Waals surface area contributed by atoms with E-state index < -0.39 is 11.7 Å². The molecule has 0 radical (unpaired) electrons. The average molecular weight is 443 g/mol. The first-order valence-electron chi connectivity index (χ1n) is 11.9. The third kappa shape index (κ3) is 3.05. The number of anilines is 1. The van der Waals surface area contributed by atoms with Gasteiger partial charge in [0, 0.05) is 30.1 Å². The van der Waals surface area contributed by atoms with E-state index in [-0.39, 0.29) is 34.5 Å². The molecule has 4 aliphatic rings. The minimum Gasteiger partial charge on any atom is -0.336 e. The number of amides is 2. The van der Waals surface area contributed by atoms with Crippen molar-refractivity contribution in [1.82, 2.24) is 4.90 Å². The standard InChI is InChI=1S/C26H32F2N2O2/c1-25-13-12-19-17(8-11-22-26(19,2)14-21(28)24(32)30(22)3)18(25)9-10-20(25)23(31)29-16-6-4-15(27)5-7-16/h4-7,14,17-20,22H,8-13H2,1-3H3,(H,29,31)/t17-,18-,19-,20+,22+,25-,26+/m0/s1. The minimum atomic E-state index is -0.622. The number of likely N-dealkylation sites (N-methyl/N-ethyl adjacent to an activating group) is 1. The summed E-state index contributed by atoms with van der Waals surface area (Å²) in [6.07, 6.45) is 7.23. The summed E-state index contributed by atoms with van der Waals surface area (Å²) in [4.78, 5) is 27.1. The molecule has 2 amide bonds. The molecule has 1 heterocycles. The summed E-state index contributed by atoms with van der Waals surface area (Å²) in [5.74, 6) is -0.320. The van der Waals surface area contributed by atoms with Gasteiger partial charge in [-0.25, -0.2) is 8.78 Å². The second-order valence-electron chi connectivity index (χ2n) is 10.9. The van der Waals surface area contributed by atoms with E-state index in [1.807, 2.05) is 0 Å². The number of hydrogen-bond acceptors (Lipinski definition) is 2. The van der Waals surface area contributed by atoms with Crippen molar-refractivity contribution in [2.24, 2.45) is 34.5 Å². The van der Waals surface area contributed by atoms with Crippen molar-refractivity contribution in [2.45, 2.75) is 58.4 Å². The molecular weight excluding hydrogens is 410 g/mol. The second-order valence-corrected chi connectivity index (χ2v) is 10.9. The fourth-order valence-corrected chi connectivity index (χ4v) is 8.02.